The molecule has 5 heteroatoms. The molecule has 2 aromatic carbocycles. The number of nitrogens with zero attached hydrogens (tertiary/aromatic N) is 1. The van der Waals surface area contributed by atoms with Crippen LogP contribution in [0.1, 0.15) is 21.5 Å². The lowest BCUT2D eigenvalue weighted by atomic mass is 10.1. The van der Waals surface area contributed by atoms with Crippen molar-refractivity contribution < 1.29 is 9.32 Å². The number of amides is 1. The third-order valence-corrected chi connectivity index (χ3v) is 3.86. The Morgan fingerprint density at radius 1 is 1.13 bits per heavy atom. The van der Waals surface area contributed by atoms with E-state index in [1.807, 2.05) is 44.2 Å². The fourth-order valence-corrected chi connectivity index (χ4v) is 2.48. The zero-order chi connectivity index (χ0) is 16.4. The highest BCUT2D eigenvalue weighted by atomic mass is 32.1. The molecule has 0 radical (unpaired) electrons. The van der Waals surface area contributed by atoms with Gasteiger partial charge in [-0.2, -0.15) is 0 Å². The van der Waals surface area contributed by atoms with Gasteiger partial charge >= 0.3 is 0 Å². The molecule has 1 N–H and O–H groups in total. The van der Waals surface area contributed by atoms with E-state index in [0.717, 1.165) is 21.7 Å². The van der Waals surface area contributed by atoms with Crippen LogP contribution in [0.5, 0.6) is 0 Å². The van der Waals surface area contributed by atoms with Crippen LogP contribution in [0.4, 0.5) is 5.88 Å². The van der Waals surface area contributed by atoms with E-state index in [1.54, 1.807) is 18.2 Å². The predicted molar refractivity (Wildman–Crippen MR) is 93.1 cm³/mol. The second-order valence-corrected chi connectivity index (χ2v) is 5.87. The monoisotopic (exact) mass is 324 g/mol. The highest BCUT2D eigenvalue weighted by Gasteiger charge is 2.16. The van der Waals surface area contributed by atoms with Gasteiger partial charge in [-0.1, -0.05) is 41.1 Å². The minimum absolute atomic E-state index is 0.254. The van der Waals surface area contributed by atoms with Crippen LogP contribution in [0.2, 0.25) is 0 Å². The molecule has 116 valence electrons. The van der Waals surface area contributed by atoms with Crippen molar-refractivity contribution >= 4 is 24.4 Å². The molecule has 0 aliphatic rings. The SMILES string of the molecule is Cc1ccc(-c2noc(NC(=O)c3cccc(S)c3)c2C)cc1. The van der Waals surface area contributed by atoms with Crippen LogP contribution in [0.25, 0.3) is 11.3 Å². The highest BCUT2D eigenvalue weighted by molar-refractivity contribution is 7.80. The first-order valence-electron chi connectivity index (χ1n) is 7.18. The number of aryl methyl sites for hydroxylation is 1. The average Bonchev–Trinajstić information content (AvgIpc) is 2.89. The van der Waals surface area contributed by atoms with E-state index in [4.69, 9.17) is 4.52 Å². The molecule has 3 aromatic rings. The van der Waals surface area contributed by atoms with Gasteiger partial charge in [0.05, 0.1) is 0 Å². The van der Waals surface area contributed by atoms with Gasteiger partial charge in [0.1, 0.15) is 5.69 Å². The van der Waals surface area contributed by atoms with Crippen molar-refractivity contribution in [1.82, 2.24) is 5.16 Å². The predicted octanol–water partition coefficient (Wildman–Crippen LogP) is 4.50. The maximum absolute atomic E-state index is 12.3. The minimum Gasteiger partial charge on any atom is -0.338 e. The standard InChI is InChI=1S/C18H16N2O2S/c1-11-6-8-13(9-7-11)16-12(2)18(22-20-16)19-17(21)14-4-3-5-15(23)10-14/h3-10,23H,1-2H3,(H,19,21). The first-order chi connectivity index (χ1) is 11.0. The molecule has 0 spiro atoms. The maximum atomic E-state index is 12.3. The van der Waals surface area contributed by atoms with Gasteiger partial charge < -0.3 is 4.52 Å². The van der Waals surface area contributed by atoms with E-state index in [-0.39, 0.29) is 5.91 Å². The zero-order valence-electron chi connectivity index (χ0n) is 12.8. The average molecular weight is 324 g/mol. The Balaban J connectivity index is 1.85. The molecule has 0 bridgehead atoms. The van der Waals surface area contributed by atoms with Crippen LogP contribution in [0.15, 0.2) is 57.9 Å². The van der Waals surface area contributed by atoms with Crippen molar-refractivity contribution in [2.75, 3.05) is 5.32 Å². The molecule has 3 rings (SSSR count). The fourth-order valence-electron chi connectivity index (χ4n) is 2.26. The zero-order valence-corrected chi connectivity index (χ0v) is 13.7. The Kier molecular flexibility index (Phi) is 4.21. The molecule has 1 heterocycles. The van der Waals surface area contributed by atoms with Crippen LogP contribution >= 0.6 is 12.6 Å². The number of carbonyl (C=O) groups is 1. The van der Waals surface area contributed by atoms with Crippen LogP contribution in [-0.2, 0) is 0 Å². The van der Waals surface area contributed by atoms with Crippen molar-refractivity contribution in [2.45, 2.75) is 18.7 Å². The van der Waals surface area contributed by atoms with Gasteiger partial charge in [0.25, 0.3) is 5.91 Å². The summed E-state index contributed by atoms with van der Waals surface area (Å²) in [6.45, 7) is 3.90. The summed E-state index contributed by atoms with van der Waals surface area (Å²) in [4.78, 5) is 13.0. The maximum Gasteiger partial charge on any atom is 0.258 e. The summed E-state index contributed by atoms with van der Waals surface area (Å²) in [5, 5.41) is 6.83. The normalized spacial score (nSPS) is 10.6. The smallest absolute Gasteiger partial charge is 0.258 e. The lowest BCUT2D eigenvalue weighted by Gasteiger charge is -2.03. The minimum atomic E-state index is -0.254. The van der Waals surface area contributed by atoms with Crippen LogP contribution in [0, 0.1) is 13.8 Å². The van der Waals surface area contributed by atoms with Crippen LogP contribution < -0.4 is 5.32 Å². The molecule has 1 amide bonds. The Hall–Kier alpha value is -2.53. The molecule has 0 saturated carbocycles. The van der Waals surface area contributed by atoms with E-state index in [2.05, 4.69) is 23.1 Å². The second kappa shape index (κ2) is 6.30. The summed E-state index contributed by atoms with van der Waals surface area (Å²) in [7, 11) is 0. The number of aromatic nitrogens is 1. The van der Waals surface area contributed by atoms with Crippen LogP contribution in [0.3, 0.4) is 0 Å². The third kappa shape index (κ3) is 3.29. The van der Waals surface area contributed by atoms with Gasteiger partial charge in [-0.3, -0.25) is 10.1 Å². The molecule has 1 aromatic heterocycles. The van der Waals surface area contributed by atoms with Crippen molar-refractivity contribution in [3.8, 4) is 11.3 Å². The van der Waals surface area contributed by atoms with Crippen molar-refractivity contribution in [3.63, 3.8) is 0 Å². The number of rotatable bonds is 3. The van der Waals surface area contributed by atoms with E-state index in [0.29, 0.717) is 11.4 Å². The highest BCUT2D eigenvalue weighted by Crippen LogP contribution is 2.28. The number of thiol groups is 1. The number of carbonyl (C=O) groups excluding carboxylic acids is 1. The molecule has 0 aliphatic heterocycles. The van der Waals surface area contributed by atoms with Crippen molar-refractivity contribution in [3.05, 3.63) is 65.2 Å². The Labute approximate surface area is 139 Å². The second-order valence-electron chi connectivity index (χ2n) is 5.36. The summed E-state index contributed by atoms with van der Waals surface area (Å²) in [6.07, 6.45) is 0. The molecule has 0 fully saturated rings. The summed E-state index contributed by atoms with van der Waals surface area (Å²) < 4.78 is 5.30. The quantitative estimate of drug-likeness (QED) is 0.698. The lowest BCUT2D eigenvalue weighted by molar-refractivity contribution is 0.102. The first kappa shape index (κ1) is 15.4. The van der Waals surface area contributed by atoms with E-state index >= 15 is 0 Å². The summed E-state index contributed by atoms with van der Waals surface area (Å²) >= 11 is 4.24. The molecule has 4 nitrogen and oxygen atoms in total. The summed E-state index contributed by atoms with van der Waals surface area (Å²) in [6, 6.07) is 15.0. The molecule has 0 aliphatic carbocycles. The summed E-state index contributed by atoms with van der Waals surface area (Å²) in [5.41, 5.74) is 4.17. The van der Waals surface area contributed by atoms with Gasteiger partial charge in [0.15, 0.2) is 0 Å². The van der Waals surface area contributed by atoms with Crippen molar-refractivity contribution in [1.29, 1.82) is 0 Å². The lowest BCUT2D eigenvalue weighted by Crippen LogP contribution is -2.11. The van der Waals surface area contributed by atoms with Crippen molar-refractivity contribution in [2.24, 2.45) is 0 Å². The molecule has 0 atom stereocenters. The van der Waals surface area contributed by atoms with Gasteiger partial charge in [0, 0.05) is 21.6 Å². The number of hydrogen-bond donors (Lipinski definition) is 2. The molecular weight excluding hydrogens is 308 g/mol. The molecule has 0 unspecified atom stereocenters. The molecule has 23 heavy (non-hydrogen) atoms. The number of benzene rings is 2. The Morgan fingerprint density at radius 3 is 2.57 bits per heavy atom. The number of nitrogens with one attached hydrogen (secondary N) is 1. The van der Waals surface area contributed by atoms with E-state index in [9.17, 15) is 4.79 Å². The number of hydrogen-bond acceptors (Lipinski definition) is 4. The van der Waals surface area contributed by atoms with Gasteiger partial charge in [-0.15, -0.1) is 12.6 Å². The van der Waals surface area contributed by atoms with E-state index < -0.39 is 0 Å². The van der Waals surface area contributed by atoms with Crippen LogP contribution in [-0.4, -0.2) is 11.1 Å². The fraction of sp³-hybridized carbons (Fsp3) is 0.111. The molecule has 0 saturated heterocycles. The van der Waals surface area contributed by atoms with Gasteiger partial charge in [-0.25, -0.2) is 0 Å². The van der Waals surface area contributed by atoms with E-state index in [1.165, 1.54) is 5.56 Å². The van der Waals surface area contributed by atoms with Gasteiger partial charge in [0.2, 0.25) is 5.88 Å². The summed E-state index contributed by atoms with van der Waals surface area (Å²) in [5.74, 6) is 0.103. The topological polar surface area (TPSA) is 55.1 Å². The Morgan fingerprint density at radius 2 is 1.87 bits per heavy atom. The van der Waals surface area contributed by atoms with Gasteiger partial charge in [-0.05, 0) is 32.0 Å². The molecular formula is C18H16N2O2S. The first-order valence-corrected chi connectivity index (χ1v) is 7.63. The Bertz CT molecular complexity index is 854. The number of anilines is 1. The largest absolute Gasteiger partial charge is 0.338 e. The third-order valence-electron chi connectivity index (χ3n) is 3.58.